The van der Waals surface area contributed by atoms with E-state index in [0.29, 0.717) is 25.7 Å². The van der Waals surface area contributed by atoms with Crippen LogP contribution in [-0.2, 0) is 4.79 Å². The lowest BCUT2D eigenvalue weighted by molar-refractivity contribution is -0.171. The quantitative estimate of drug-likeness (QED) is 0.712. The van der Waals surface area contributed by atoms with Gasteiger partial charge in [-0.15, -0.1) is 0 Å². The van der Waals surface area contributed by atoms with E-state index in [1.165, 1.54) is 0 Å². The molecule has 0 aromatic heterocycles. The van der Waals surface area contributed by atoms with Gasteiger partial charge in [0, 0.05) is 0 Å². The standard InChI is InChI=1S/C13H22O3/c14-11(15)12(7-5-6-8-12)13(16)9-3-1-2-4-10-13/h16H,1-10H2,(H,14,15). The summed E-state index contributed by atoms with van der Waals surface area (Å²) >= 11 is 0. The van der Waals surface area contributed by atoms with Crippen molar-refractivity contribution in [2.45, 2.75) is 69.8 Å². The van der Waals surface area contributed by atoms with E-state index in [-0.39, 0.29) is 0 Å². The van der Waals surface area contributed by atoms with Crippen molar-refractivity contribution in [1.82, 2.24) is 0 Å². The summed E-state index contributed by atoms with van der Waals surface area (Å²) in [4.78, 5) is 11.6. The van der Waals surface area contributed by atoms with Crippen molar-refractivity contribution < 1.29 is 15.0 Å². The Kier molecular flexibility index (Phi) is 3.24. The number of carboxylic acids is 1. The van der Waals surface area contributed by atoms with Crippen LogP contribution in [0.3, 0.4) is 0 Å². The van der Waals surface area contributed by atoms with Crippen LogP contribution in [0.5, 0.6) is 0 Å². The van der Waals surface area contributed by atoms with Gasteiger partial charge < -0.3 is 10.2 Å². The Labute approximate surface area is 96.9 Å². The van der Waals surface area contributed by atoms with Crippen molar-refractivity contribution in [3.63, 3.8) is 0 Å². The molecule has 0 bridgehead atoms. The van der Waals surface area contributed by atoms with Crippen LogP contribution in [0, 0.1) is 5.41 Å². The summed E-state index contributed by atoms with van der Waals surface area (Å²) in [5.41, 5.74) is -1.77. The second-order valence-electron chi connectivity index (χ2n) is 5.54. The molecule has 2 N–H and O–H groups in total. The minimum absolute atomic E-state index is 0.666. The lowest BCUT2D eigenvalue weighted by Gasteiger charge is -2.41. The topological polar surface area (TPSA) is 57.5 Å². The zero-order chi connectivity index (χ0) is 11.6. The van der Waals surface area contributed by atoms with Gasteiger partial charge in [0.1, 0.15) is 0 Å². The summed E-state index contributed by atoms with van der Waals surface area (Å²) in [7, 11) is 0. The second kappa shape index (κ2) is 4.36. The number of carbonyl (C=O) groups is 1. The number of carboxylic acid groups (broad SMARTS) is 1. The molecule has 0 saturated heterocycles. The Balaban J connectivity index is 2.26. The monoisotopic (exact) mass is 226 g/mol. The smallest absolute Gasteiger partial charge is 0.312 e. The van der Waals surface area contributed by atoms with Crippen LogP contribution in [0.4, 0.5) is 0 Å². The molecule has 0 unspecified atom stereocenters. The van der Waals surface area contributed by atoms with E-state index in [0.717, 1.165) is 38.5 Å². The predicted molar refractivity (Wildman–Crippen MR) is 61.2 cm³/mol. The molecule has 0 aromatic rings. The third-order valence-corrected chi connectivity index (χ3v) is 4.69. The molecule has 0 aliphatic heterocycles. The number of aliphatic hydroxyl groups is 1. The highest BCUT2D eigenvalue weighted by Gasteiger charge is 2.56. The van der Waals surface area contributed by atoms with Crippen molar-refractivity contribution in [3.05, 3.63) is 0 Å². The fraction of sp³-hybridized carbons (Fsp3) is 0.923. The highest BCUT2D eigenvalue weighted by atomic mass is 16.4. The van der Waals surface area contributed by atoms with Gasteiger partial charge in [0.25, 0.3) is 0 Å². The van der Waals surface area contributed by atoms with E-state index in [1.54, 1.807) is 0 Å². The van der Waals surface area contributed by atoms with Crippen LogP contribution >= 0.6 is 0 Å². The van der Waals surface area contributed by atoms with Gasteiger partial charge in [-0.2, -0.15) is 0 Å². The zero-order valence-corrected chi connectivity index (χ0v) is 9.87. The number of aliphatic carboxylic acids is 1. The normalized spacial score (nSPS) is 28.6. The highest BCUT2D eigenvalue weighted by Crippen LogP contribution is 2.51. The SMILES string of the molecule is O=C(O)C1(C2(O)CCCCCC2)CCCC1. The van der Waals surface area contributed by atoms with Gasteiger partial charge in [0.05, 0.1) is 11.0 Å². The van der Waals surface area contributed by atoms with Crippen molar-refractivity contribution in [2.24, 2.45) is 5.41 Å². The lowest BCUT2D eigenvalue weighted by Crippen LogP contribution is -2.51. The number of hydrogen-bond donors (Lipinski definition) is 2. The average Bonchev–Trinajstić information content (AvgIpc) is 2.65. The first-order valence-corrected chi connectivity index (χ1v) is 6.57. The van der Waals surface area contributed by atoms with Gasteiger partial charge in [-0.3, -0.25) is 4.79 Å². The first-order chi connectivity index (χ1) is 7.61. The maximum absolute atomic E-state index is 11.6. The third kappa shape index (κ3) is 1.75. The highest BCUT2D eigenvalue weighted by molar-refractivity contribution is 5.76. The van der Waals surface area contributed by atoms with Crippen molar-refractivity contribution >= 4 is 5.97 Å². The van der Waals surface area contributed by atoms with E-state index in [1.807, 2.05) is 0 Å². The molecule has 0 radical (unpaired) electrons. The molecule has 0 aromatic carbocycles. The minimum atomic E-state index is -0.939. The van der Waals surface area contributed by atoms with Crippen molar-refractivity contribution in [2.75, 3.05) is 0 Å². The van der Waals surface area contributed by atoms with Gasteiger partial charge in [0.2, 0.25) is 0 Å². The summed E-state index contributed by atoms with van der Waals surface area (Å²) in [6.07, 6.45) is 8.83. The molecule has 0 spiro atoms. The molecule has 0 heterocycles. The predicted octanol–water partition coefficient (Wildman–Crippen LogP) is 2.72. The second-order valence-corrected chi connectivity index (χ2v) is 5.54. The van der Waals surface area contributed by atoms with Gasteiger partial charge in [-0.05, 0) is 25.7 Å². The Morgan fingerprint density at radius 3 is 1.69 bits per heavy atom. The maximum Gasteiger partial charge on any atom is 0.312 e. The first-order valence-electron chi connectivity index (χ1n) is 6.57. The molecular weight excluding hydrogens is 204 g/mol. The van der Waals surface area contributed by atoms with E-state index in [4.69, 9.17) is 0 Å². The van der Waals surface area contributed by atoms with Crippen LogP contribution in [0.15, 0.2) is 0 Å². The van der Waals surface area contributed by atoms with Crippen LogP contribution in [0.2, 0.25) is 0 Å². The molecule has 2 aliphatic rings. The Hall–Kier alpha value is -0.570. The Bertz CT molecular complexity index is 258. The van der Waals surface area contributed by atoms with Crippen LogP contribution in [0.1, 0.15) is 64.2 Å². The maximum atomic E-state index is 11.6. The fourth-order valence-corrected chi connectivity index (χ4v) is 3.65. The van der Waals surface area contributed by atoms with Gasteiger partial charge in [-0.25, -0.2) is 0 Å². The molecule has 0 amide bonds. The third-order valence-electron chi connectivity index (χ3n) is 4.69. The summed E-state index contributed by atoms with van der Waals surface area (Å²) in [6, 6.07) is 0. The number of rotatable bonds is 2. The average molecular weight is 226 g/mol. The van der Waals surface area contributed by atoms with Gasteiger partial charge in [0.15, 0.2) is 0 Å². The molecule has 3 heteroatoms. The largest absolute Gasteiger partial charge is 0.481 e. The molecule has 3 nitrogen and oxygen atoms in total. The summed E-state index contributed by atoms with van der Waals surface area (Å²) in [5.74, 6) is -0.769. The molecular formula is C13H22O3. The molecule has 2 rings (SSSR count). The van der Waals surface area contributed by atoms with Gasteiger partial charge in [-0.1, -0.05) is 38.5 Å². The fourth-order valence-electron chi connectivity index (χ4n) is 3.65. The van der Waals surface area contributed by atoms with E-state index in [9.17, 15) is 15.0 Å². The molecule has 0 atom stereocenters. The van der Waals surface area contributed by atoms with E-state index in [2.05, 4.69) is 0 Å². The Morgan fingerprint density at radius 2 is 1.25 bits per heavy atom. The van der Waals surface area contributed by atoms with Gasteiger partial charge >= 0.3 is 5.97 Å². The summed E-state index contributed by atoms with van der Waals surface area (Å²) in [5, 5.41) is 20.3. The molecule has 92 valence electrons. The minimum Gasteiger partial charge on any atom is -0.481 e. The molecule has 2 aliphatic carbocycles. The number of hydrogen-bond acceptors (Lipinski definition) is 2. The molecule has 2 fully saturated rings. The van der Waals surface area contributed by atoms with E-state index < -0.39 is 17.0 Å². The van der Waals surface area contributed by atoms with Crippen molar-refractivity contribution in [3.8, 4) is 0 Å². The van der Waals surface area contributed by atoms with Crippen molar-refractivity contribution in [1.29, 1.82) is 0 Å². The van der Waals surface area contributed by atoms with Crippen LogP contribution < -0.4 is 0 Å². The first kappa shape index (κ1) is 11.9. The molecule has 2 saturated carbocycles. The zero-order valence-electron chi connectivity index (χ0n) is 9.87. The Morgan fingerprint density at radius 1 is 0.812 bits per heavy atom. The van der Waals surface area contributed by atoms with Crippen LogP contribution in [-0.4, -0.2) is 21.8 Å². The van der Waals surface area contributed by atoms with E-state index >= 15 is 0 Å². The summed E-state index contributed by atoms with van der Waals surface area (Å²) in [6.45, 7) is 0. The molecule has 16 heavy (non-hydrogen) atoms. The summed E-state index contributed by atoms with van der Waals surface area (Å²) < 4.78 is 0. The lowest BCUT2D eigenvalue weighted by atomic mass is 9.66. The van der Waals surface area contributed by atoms with Crippen LogP contribution in [0.25, 0.3) is 0 Å².